The molecule has 0 saturated heterocycles. The normalized spacial score (nSPS) is 11.2. The van der Waals surface area contributed by atoms with Gasteiger partial charge in [-0.15, -0.1) is 0 Å². The van der Waals surface area contributed by atoms with Gasteiger partial charge in [0.05, 0.1) is 39.6 Å². The number of rotatable bonds is 47. The molecule has 1 heterocycles. The van der Waals surface area contributed by atoms with Crippen LogP contribution in [0.4, 0.5) is 23.3 Å². The summed E-state index contributed by atoms with van der Waals surface area (Å²) >= 11 is 0. The molecule has 419 valence electrons. The monoisotopic (exact) mass is 1040 g/mol. The van der Waals surface area contributed by atoms with Gasteiger partial charge in [0.1, 0.15) is 0 Å². The number of anilines is 4. The molecular formula is C64H102N5O6. The van der Waals surface area contributed by atoms with Crippen molar-refractivity contribution in [2.75, 3.05) is 50.3 Å². The van der Waals surface area contributed by atoms with E-state index in [-0.39, 0.29) is 0 Å². The third-order valence-electron chi connectivity index (χ3n) is 13.4. The van der Waals surface area contributed by atoms with Crippen molar-refractivity contribution in [3.8, 4) is 45.9 Å². The van der Waals surface area contributed by atoms with Gasteiger partial charge < -0.3 is 39.1 Å². The van der Waals surface area contributed by atoms with Crippen molar-refractivity contribution in [3.05, 3.63) is 61.0 Å². The standard InChI is InChI=1S/C64H102N5O6/c1-8-14-20-26-32-42-70-56-48-54(49-57(71-43-33-27-21-15-9-2)60(56)74-46-36-30-24-18-12-5)65-63-67-62(53-40-38-52(7)39-41-53)68-64(69-63)66-55-50-58(72-44-34-28-22-16-10-3)61(75-47-37-31-25-19-13-6)59(51-55)73-45-35-29-23-17-11-4/h38-41,48-51H,7-37,42-47H2,1-6H3,(H2,65,66,67,68,69). The van der Waals surface area contributed by atoms with Gasteiger partial charge in [-0.05, 0) is 51.0 Å². The van der Waals surface area contributed by atoms with Gasteiger partial charge in [-0.25, -0.2) is 0 Å². The lowest BCUT2D eigenvalue weighted by atomic mass is 10.1. The van der Waals surface area contributed by atoms with Crippen LogP contribution >= 0.6 is 0 Å². The largest absolute Gasteiger partial charge is 0.489 e. The fourth-order valence-electron chi connectivity index (χ4n) is 8.85. The number of hydrogen-bond donors (Lipinski definition) is 2. The molecular weight excluding hydrogens is 935 g/mol. The van der Waals surface area contributed by atoms with Crippen LogP contribution in [0, 0.1) is 6.92 Å². The Morgan fingerprint density at radius 2 is 0.600 bits per heavy atom. The molecule has 0 aliphatic rings. The zero-order chi connectivity index (χ0) is 53.4. The highest BCUT2D eigenvalue weighted by Gasteiger charge is 2.21. The number of nitrogens with zero attached hydrogens (tertiary/aromatic N) is 3. The highest BCUT2D eigenvalue weighted by molar-refractivity contribution is 5.70. The summed E-state index contributed by atoms with van der Waals surface area (Å²) in [5.41, 5.74) is 3.19. The zero-order valence-corrected chi connectivity index (χ0v) is 48.1. The Labute approximate surface area is 456 Å². The molecule has 0 amide bonds. The number of aromatic nitrogens is 3. The molecule has 2 N–H and O–H groups in total. The summed E-state index contributed by atoms with van der Waals surface area (Å²) in [5.74, 6) is 5.16. The van der Waals surface area contributed by atoms with Crippen molar-refractivity contribution in [2.45, 2.75) is 234 Å². The quantitative estimate of drug-likeness (QED) is 0.0412. The minimum atomic E-state index is 0.358. The second kappa shape index (κ2) is 40.3. The molecule has 4 aromatic rings. The van der Waals surface area contributed by atoms with Crippen molar-refractivity contribution in [3.63, 3.8) is 0 Å². The maximum Gasteiger partial charge on any atom is 0.232 e. The maximum absolute atomic E-state index is 6.63. The van der Waals surface area contributed by atoms with Crippen LogP contribution in [0.25, 0.3) is 11.4 Å². The molecule has 1 radical (unpaired) electrons. The zero-order valence-electron chi connectivity index (χ0n) is 48.1. The molecule has 0 aliphatic carbocycles. The first-order chi connectivity index (χ1) is 36.9. The smallest absolute Gasteiger partial charge is 0.232 e. The van der Waals surface area contributed by atoms with E-state index in [0.717, 1.165) is 99.6 Å². The average molecular weight is 1040 g/mol. The van der Waals surface area contributed by atoms with Gasteiger partial charge in [0, 0.05) is 41.2 Å². The van der Waals surface area contributed by atoms with Gasteiger partial charge in [-0.3, -0.25) is 0 Å². The molecule has 3 aromatic carbocycles. The Kier molecular flexibility index (Phi) is 33.7. The highest BCUT2D eigenvalue weighted by Crippen LogP contribution is 2.44. The summed E-state index contributed by atoms with van der Waals surface area (Å²) in [6.07, 6.45) is 34.3. The molecule has 0 spiro atoms. The van der Waals surface area contributed by atoms with Crippen LogP contribution in [0.5, 0.6) is 34.5 Å². The lowest BCUT2D eigenvalue weighted by Gasteiger charge is -2.20. The number of nitrogens with one attached hydrogen (secondary N) is 2. The predicted octanol–water partition coefficient (Wildman–Crippen LogP) is 19.3. The van der Waals surface area contributed by atoms with Crippen molar-refractivity contribution in [2.24, 2.45) is 0 Å². The lowest BCUT2D eigenvalue weighted by molar-refractivity contribution is 0.234. The molecule has 1 aromatic heterocycles. The van der Waals surface area contributed by atoms with Crippen LogP contribution in [0.3, 0.4) is 0 Å². The van der Waals surface area contributed by atoms with E-state index < -0.39 is 0 Å². The number of benzene rings is 3. The molecule has 0 fully saturated rings. The van der Waals surface area contributed by atoms with Crippen LogP contribution in [0.15, 0.2) is 48.5 Å². The van der Waals surface area contributed by atoms with Crippen molar-refractivity contribution in [1.29, 1.82) is 0 Å². The molecule has 4 rings (SSSR count). The highest BCUT2D eigenvalue weighted by atomic mass is 16.5. The number of hydrogen-bond acceptors (Lipinski definition) is 11. The molecule has 0 aliphatic heterocycles. The molecule has 0 saturated carbocycles. The van der Waals surface area contributed by atoms with E-state index in [9.17, 15) is 0 Å². The van der Waals surface area contributed by atoms with Gasteiger partial charge in [0.25, 0.3) is 0 Å². The van der Waals surface area contributed by atoms with Gasteiger partial charge in [0.2, 0.25) is 23.4 Å². The second-order valence-electron chi connectivity index (χ2n) is 20.4. The molecule has 11 nitrogen and oxygen atoms in total. The summed E-state index contributed by atoms with van der Waals surface area (Å²) in [6, 6.07) is 15.9. The minimum absolute atomic E-state index is 0.358. The number of unbranched alkanes of at least 4 members (excludes halogenated alkanes) is 24. The minimum Gasteiger partial charge on any atom is -0.489 e. The van der Waals surface area contributed by atoms with Crippen LogP contribution in [-0.2, 0) is 0 Å². The second-order valence-corrected chi connectivity index (χ2v) is 20.4. The summed E-state index contributed by atoms with van der Waals surface area (Å²) in [7, 11) is 0. The third-order valence-corrected chi connectivity index (χ3v) is 13.4. The van der Waals surface area contributed by atoms with Crippen molar-refractivity contribution in [1.82, 2.24) is 15.0 Å². The molecule has 0 unspecified atom stereocenters. The topological polar surface area (TPSA) is 118 Å². The summed E-state index contributed by atoms with van der Waals surface area (Å²) in [5, 5.41) is 7.12. The van der Waals surface area contributed by atoms with Gasteiger partial charge in [-0.1, -0.05) is 220 Å². The van der Waals surface area contributed by atoms with E-state index >= 15 is 0 Å². The first-order valence-electron chi connectivity index (χ1n) is 30.3. The first kappa shape index (κ1) is 62.6. The molecule has 11 heteroatoms. The fraction of sp³-hybridized carbons (Fsp3) is 0.656. The molecule has 0 bridgehead atoms. The average Bonchev–Trinajstić information content (AvgIpc) is 3.41. The Hall–Kier alpha value is -4.93. The van der Waals surface area contributed by atoms with E-state index in [1.807, 2.05) is 48.5 Å². The molecule has 0 atom stereocenters. The van der Waals surface area contributed by atoms with Gasteiger partial charge >= 0.3 is 0 Å². The summed E-state index contributed by atoms with van der Waals surface area (Å²) < 4.78 is 39.8. The third kappa shape index (κ3) is 26.1. The summed E-state index contributed by atoms with van der Waals surface area (Å²) in [4.78, 5) is 15.1. The Morgan fingerprint density at radius 3 is 0.880 bits per heavy atom. The molecule has 75 heavy (non-hydrogen) atoms. The predicted molar refractivity (Wildman–Crippen MR) is 315 cm³/mol. The van der Waals surface area contributed by atoms with Crippen molar-refractivity contribution >= 4 is 23.3 Å². The van der Waals surface area contributed by atoms with E-state index in [1.165, 1.54) is 116 Å². The number of ether oxygens (including phenoxy) is 6. The lowest BCUT2D eigenvalue weighted by Crippen LogP contribution is -2.09. The van der Waals surface area contributed by atoms with E-state index in [1.54, 1.807) is 0 Å². The van der Waals surface area contributed by atoms with E-state index in [4.69, 9.17) is 43.4 Å². The van der Waals surface area contributed by atoms with E-state index in [2.05, 4.69) is 59.1 Å². The van der Waals surface area contributed by atoms with Crippen LogP contribution in [0.2, 0.25) is 0 Å². The fourth-order valence-corrected chi connectivity index (χ4v) is 8.85. The van der Waals surface area contributed by atoms with E-state index in [0.29, 0.717) is 91.9 Å². The Balaban J connectivity index is 1.77. The Bertz CT molecular complexity index is 1870. The van der Waals surface area contributed by atoms with Crippen LogP contribution in [-0.4, -0.2) is 54.6 Å². The van der Waals surface area contributed by atoms with Crippen LogP contribution < -0.4 is 39.1 Å². The van der Waals surface area contributed by atoms with Gasteiger partial charge in [0.15, 0.2) is 28.8 Å². The SMILES string of the molecule is [CH2]c1ccc(-c2nc(Nc3cc(OCCCCCCC)c(OCCCCCCC)c(OCCCCCCC)c3)nc(Nc3cc(OCCCCCCC)c(OCCCCCCC)c(OCCCCCCC)c3)n2)cc1. The van der Waals surface area contributed by atoms with Gasteiger partial charge in [-0.2, -0.15) is 15.0 Å². The first-order valence-corrected chi connectivity index (χ1v) is 30.3. The van der Waals surface area contributed by atoms with Crippen molar-refractivity contribution < 1.29 is 28.4 Å². The Morgan fingerprint density at radius 1 is 0.333 bits per heavy atom. The van der Waals surface area contributed by atoms with Crippen LogP contribution in [0.1, 0.15) is 240 Å². The summed E-state index contributed by atoms with van der Waals surface area (Å²) in [6.45, 7) is 21.1. The maximum atomic E-state index is 6.63.